The first-order valence-electron chi connectivity index (χ1n) is 9.09. The summed E-state index contributed by atoms with van der Waals surface area (Å²) in [4.78, 5) is 19.6. The molecule has 0 radical (unpaired) electrons. The molecule has 2 heterocycles. The lowest BCUT2D eigenvalue weighted by molar-refractivity contribution is -0.133. The van der Waals surface area contributed by atoms with E-state index in [1.54, 1.807) is 7.11 Å². The van der Waals surface area contributed by atoms with E-state index < -0.39 is 0 Å². The standard InChI is InChI=1S/C19H29N3O2/c1-3-20-11-13-21(14-12-20)15-19(23)22-10-4-5-18(22)16-6-8-17(24-2)9-7-16/h6-9,18H,3-5,10-15H2,1-2H3. The minimum Gasteiger partial charge on any atom is -0.497 e. The van der Waals surface area contributed by atoms with Crippen molar-refractivity contribution in [2.45, 2.75) is 25.8 Å². The summed E-state index contributed by atoms with van der Waals surface area (Å²) in [6, 6.07) is 8.38. The number of likely N-dealkylation sites (N-methyl/N-ethyl adjacent to an activating group) is 1. The monoisotopic (exact) mass is 331 g/mol. The summed E-state index contributed by atoms with van der Waals surface area (Å²) in [7, 11) is 1.68. The van der Waals surface area contributed by atoms with Gasteiger partial charge in [0.1, 0.15) is 5.75 Å². The van der Waals surface area contributed by atoms with Crippen LogP contribution in [0.15, 0.2) is 24.3 Å². The highest BCUT2D eigenvalue weighted by Crippen LogP contribution is 2.32. The summed E-state index contributed by atoms with van der Waals surface area (Å²) in [5.41, 5.74) is 1.22. The molecule has 1 atom stereocenters. The molecule has 0 spiro atoms. The van der Waals surface area contributed by atoms with Crippen molar-refractivity contribution >= 4 is 5.91 Å². The van der Waals surface area contributed by atoms with Crippen LogP contribution in [0.2, 0.25) is 0 Å². The van der Waals surface area contributed by atoms with E-state index in [0.29, 0.717) is 6.54 Å². The molecule has 132 valence electrons. The molecule has 2 aliphatic rings. The van der Waals surface area contributed by atoms with E-state index in [4.69, 9.17) is 4.74 Å². The van der Waals surface area contributed by atoms with E-state index >= 15 is 0 Å². The third-order valence-electron chi connectivity index (χ3n) is 5.34. The molecule has 0 N–H and O–H groups in total. The lowest BCUT2D eigenvalue weighted by Gasteiger charge is -2.35. The molecular weight excluding hydrogens is 302 g/mol. The van der Waals surface area contributed by atoms with Crippen LogP contribution in [-0.2, 0) is 4.79 Å². The minimum atomic E-state index is 0.223. The number of carbonyl (C=O) groups is 1. The smallest absolute Gasteiger partial charge is 0.237 e. The topological polar surface area (TPSA) is 36.0 Å². The molecule has 5 heteroatoms. The Kier molecular flexibility index (Phi) is 5.74. The first-order valence-corrected chi connectivity index (χ1v) is 9.09. The van der Waals surface area contributed by atoms with E-state index in [1.165, 1.54) is 5.56 Å². The third-order valence-corrected chi connectivity index (χ3v) is 5.34. The Morgan fingerprint density at radius 2 is 1.75 bits per heavy atom. The average Bonchev–Trinajstić information content (AvgIpc) is 3.12. The quantitative estimate of drug-likeness (QED) is 0.827. The summed E-state index contributed by atoms with van der Waals surface area (Å²) in [6.07, 6.45) is 2.15. The second-order valence-corrected chi connectivity index (χ2v) is 6.73. The molecule has 0 saturated carbocycles. The Labute approximate surface area is 145 Å². The first-order chi connectivity index (χ1) is 11.7. The number of piperazine rings is 1. The molecule has 1 aromatic rings. The lowest BCUT2D eigenvalue weighted by Crippen LogP contribution is -2.49. The maximum Gasteiger partial charge on any atom is 0.237 e. The van der Waals surface area contributed by atoms with Crippen LogP contribution < -0.4 is 4.74 Å². The van der Waals surface area contributed by atoms with E-state index in [2.05, 4.69) is 33.8 Å². The zero-order chi connectivity index (χ0) is 16.9. The van der Waals surface area contributed by atoms with Crippen molar-refractivity contribution in [3.05, 3.63) is 29.8 Å². The van der Waals surface area contributed by atoms with Gasteiger partial charge in [0.25, 0.3) is 0 Å². The molecule has 24 heavy (non-hydrogen) atoms. The lowest BCUT2D eigenvalue weighted by atomic mass is 10.0. The zero-order valence-corrected chi connectivity index (χ0v) is 14.9. The van der Waals surface area contributed by atoms with Crippen molar-refractivity contribution in [3.63, 3.8) is 0 Å². The Hall–Kier alpha value is -1.59. The Balaban J connectivity index is 1.59. The highest BCUT2D eigenvalue weighted by atomic mass is 16.5. The van der Waals surface area contributed by atoms with Crippen molar-refractivity contribution in [1.82, 2.24) is 14.7 Å². The number of hydrogen-bond donors (Lipinski definition) is 0. The molecule has 2 saturated heterocycles. The van der Waals surface area contributed by atoms with Gasteiger partial charge in [-0.25, -0.2) is 0 Å². The number of nitrogens with zero attached hydrogens (tertiary/aromatic N) is 3. The fourth-order valence-corrected chi connectivity index (χ4v) is 3.78. The molecule has 0 aromatic heterocycles. The molecule has 2 aliphatic heterocycles. The summed E-state index contributed by atoms with van der Waals surface area (Å²) in [5, 5.41) is 0. The van der Waals surface area contributed by atoms with Crippen LogP contribution in [0.25, 0.3) is 0 Å². The summed E-state index contributed by atoms with van der Waals surface area (Å²) in [6.45, 7) is 8.89. The normalized spacial score (nSPS) is 22.8. The van der Waals surface area contributed by atoms with Crippen LogP contribution in [0, 0.1) is 0 Å². The molecule has 2 fully saturated rings. The summed E-state index contributed by atoms with van der Waals surface area (Å²) >= 11 is 0. The largest absolute Gasteiger partial charge is 0.497 e. The van der Waals surface area contributed by atoms with Gasteiger partial charge in [-0.15, -0.1) is 0 Å². The van der Waals surface area contributed by atoms with Crippen LogP contribution in [-0.4, -0.2) is 73.5 Å². The van der Waals surface area contributed by atoms with Crippen LogP contribution in [0.5, 0.6) is 5.75 Å². The number of likely N-dealkylation sites (tertiary alicyclic amines) is 1. The maximum atomic E-state index is 12.8. The average molecular weight is 331 g/mol. The number of carbonyl (C=O) groups excluding carboxylic acids is 1. The van der Waals surface area contributed by atoms with Crippen LogP contribution in [0.4, 0.5) is 0 Å². The molecular formula is C19H29N3O2. The van der Waals surface area contributed by atoms with Crippen molar-refractivity contribution in [1.29, 1.82) is 0 Å². The number of rotatable bonds is 5. The highest BCUT2D eigenvalue weighted by molar-refractivity contribution is 5.79. The van der Waals surface area contributed by atoms with Gasteiger partial charge in [0.05, 0.1) is 19.7 Å². The summed E-state index contributed by atoms with van der Waals surface area (Å²) in [5.74, 6) is 1.14. The van der Waals surface area contributed by atoms with Crippen LogP contribution >= 0.6 is 0 Å². The second kappa shape index (κ2) is 7.99. The molecule has 0 aliphatic carbocycles. The maximum absolute atomic E-state index is 12.8. The molecule has 5 nitrogen and oxygen atoms in total. The van der Waals surface area contributed by atoms with Gasteiger partial charge < -0.3 is 14.5 Å². The number of methoxy groups -OCH3 is 1. The van der Waals surface area contributed by atoms with Gasteiger partial charge in [0, 0.05) is 32.7 Å². The number of benzene rings is 1. The molecule has 1 aromatic carbocycles. The van der Waals surface area contributed by atoms with Crippen molar-refractivity contribution < 1.29 is 9.53 Å². The Morgan fingerprint density at radius 1 is 1.08 bits per heavy atom. The molecule has 3 rings (SSSR count). The summed E-state index contributed by atoms with van der Waals surface area (Å²) < 4.78 is 5.23. The Morgan fingerprint density at radius 3 is 2.38 bits per heavy atom. The highest BCUT2D eigenvalue weighted by Gasteiger charge is 2.31. The van der Waals surface area contributed by atoms with Crippen LogP contribution in [0.1, 0.15) is 31.4 Å². The number of ether oxygens (including phenoxy) is 1. The van der Waals surface area contributed by atoms with Gasteiger partial charge in [-0.2, -0.15) is 0 Å². The van der Waals surface area contributed by atoms with Gasteiger partial charge >= 0.3 is 0 Å². The van der Waals surface area contributed by atoms with E-state index in [9.17, 15) is 4.79 Å². The Bertz CT molecular complexity index is 538. The van der Waals surface area contributed by atoms with Gasteiger partial charge in [-0.1, -0.05) is 19.1 Å². The third kappa shape index (κ3) is 3.90. The number of amides is 1. The molecule has 1 unspecified atom stereocenters. The number of hydrogen-bond acceptors (Lipinski definition) is 4. The fraction of sp³-hybridized carbons (Fsp3) is 0.632. The second-order valence-electron chi connectivity index (χ2n) is 6.73. The van der Waals surface area contributed by atoms with Crippen LogP contribution in [0.3, 0.4) is 0 Å². The SMILES string of the molecule is CCN1CCN(CC(=O)N2CCCC2c2ccc(OC)cc2)CC1. The van der Waals surface area contributed by atoms with Crippen molar-refractivity contribution in [2.24, 2.45) is 0 Å². The van der Waals surface area contributed by atoms with E-state index in [-0.39, 0.29) is 11.9 Å². The minimum absolute atomic E-state index is 0.223. The first kappa shape index (κ1) is 17.2. The predicted molar refractivity (Wildman–Crippen MR) is 95.2 cm³/mol. The van der Waals surface area contributed by atoms with Crippen molar-refractivity contribution in [3.8, 4) is 5.75 Å². The van der Waals surface area contributed by atoms with Gasteiger partial charge in [-0.3, -0.25) is 9.69 Å². The van der Waals surface area contributed by atoms with Gasteiger partial charge in [0.15, 0.2) is 0 Å². The van der Waals surface area contributed by atoms with Crippen molar-refractivity contribution in [2.75, 3.05) is 52.9 Å². The molecule has 0 bridgehead atoms. The zero-order valence-electron chi connectivity index (χ0n) is 14.9. The van der Waals surface area contributed by atoms with Gasteiger partial charge in [0.2, 0.25) is 5.91 Å². The van der Waals surface area contributed by atoms with E-state index in [1.807, 2.05) is 12.1 Å². The van der Waals surface area contributed by atoms with Gasteiger partial charge in [-0.05, 0) is 37.1 Å². The fourth-order valence-electron chi connectivity index (χ4n) is 3.78. The molecule has 1 amide bonds. The predicted octanol–water partition coefficient (Wildman–Crippen LogP) is 2.00. The van der Waals surface area contributed by atoms with E-state index in [0.717, 1.165) is 57.9 Å².